The second-order valence-corrected chi connectivity index (χ2v) is 2.78. The highest BCUT2D eigenvalue weighted by atomic mass is 14.2. The van der Waals surface area contributed by atoms with E-state index < -0.39 is 0 Å². The topological polar surface area (TPSA) is 23.8 Å². The molecule has 0 aliphatic carbocycles. The summed E-state index contributed by atoms with van der Waals surface area (Å²) in [4.78, 5) is 0. The lowest BCUT2D eigenvalue weighted by Crippen LogP contribution is -1.72. The van der Waals surface area contributed by atoms with Gasteiger partial charge in [0, 0.05) is 0 Å². The Morgan fingerprint density at radius 1 is 1.08 bits per heavy atom. The van der Waals surface area contributed by atoms with Crippen LogP contribution in [0.5, 0.6) is 0 Å². The highest BCUT2D eigenvalue weighted by molar-refractivity contribution is 4.97. The van der Waals surface area contributed by atoms with Gasteiger partial charge in [-0.2, -0.15) is 5.26 Å². The lowest BCUT2D eigenvalue weighted by Gasteiger charge is -1.91. The van der Waals surface area contributed by atoms with Crippen molar-refractivity contribution in [2.45, 2.75) is 32.1 Å². The summed E-state index contributed by atoms with van der Waals surface area (Å²) in [6.45, 7) is 3.60. The first-order valence-electron chi connectivity index (χ1n) is 4.71. The van der Waals surface area contributed by atoms with Gasteiger partial charge in [-0.1, -0.05) is 37.0 Å². The number of nitrogens with zero attached hydrogens (tertiary/aromatic N) is 1. The summed E-state index contributed by atoms with van der Waals surface area (Å²) in [5, 5.41) is 8.25. The SMILES string of the molecule is C=C/C=C/CCCC/C=C/CC#N. The Kier molecular flexibility index (Phi) is 9.65. The molecule has 0 aromatic rings. The van der Waals surface area contributed by atoms with E-state index in [9.17, 15) is 0 Å². The molecule has 0 aliphatic heterocycles. The summed E-state index contributed by atoms with van der Waals surface area (Å²) in [5.41, 5.74) is 0. The van der Waals surface area contributed by atoms with Crippen molar-refractivity contribution >= 4 is 0 Å². The van der Waals surface area contributed by atoms with Gasteiger partial charge in [-0.15, -0.1) is 0 Å². The van der Waals surface area contributed by atoms with Crippen molar-refractivity contribution in [1.82, 2.24) is 0 Å². The summed E-state index contributed by atoms with van der Waals surface area (Å²) in [6.07, 6.45) is 15.1. The maximum atomic E-state index is 8.25. The van der Waals surface area contributed by atoms with Crippen molar-refractivity contribution in [3.05, 3.63) is 37.0 Å². The van der Waals surface area contributed by atoms with Crippen LogP contribution in [0.3, 0.4) is 0 Å². The van der Waals surface area contributed by atoms with Crippen LogP contribution in [0.15, 0.2) is 37.0 Å². The molecule has 0 rings (SSSR count). The third-order valence-corrected chi connectivity index (χ3v) is 1.64. The van der Waals surface area contributed by atoms with E-state index in [-0.39, 0.29) is 0 Å². The summed E-state index contributed by atoms with van der Waals surface area (Å²) in [5.74, 6) is 0. The minimum atomic E-state index is 0.538. The number of hydrogen-bond acceptors (Lipinski definition) is 1. The highest BCUT2D eigenvalue weighted by Gasteiger charge is 1.82. The van der Waals surface area contributed by atoms with E-state index >= 15 is 0 Å². The van der Waals surface area contributed by atoms with Crippen molar-refractivity contribution in [3.8, 4) is 6.07 Å². The van der Waals surface area contributed by atoms with Crippen molar-refractivity contribution < 1.29 is 0 Å². The largest absolute Gasteiger partial charge is 0.198 e. The van der Waals surface area contributed by atoms with Crippen molar-refractivity contribution in [2.24, 2.45) is 0 Å². The van der Waals surface area contributed by atoms with E-state index in [0.29, 0.717) is 6.42 Å². The van der Waals surface area contributed by atoms with Gasteiger partial charge in [-0.25, -0.2) is 0 Å². The second-order valence-electron chi connectivity index (χ2n) is 2.78. The number of unbranched alkanes of at least 4 members (excludes halogenated alkanes) is 3. The van der Waals surface area contributed by atoms with Crippen LogP contribution in [0.2, 0.25) is 0 Å². The molecule has 0 radical (unpaired) electrons. The van der Waals surface area contributed by atoms with Gasteiger partial charge in [0.15, 0.2) is 0 Å². The molecule has 1 heteroatoms. The average Bonchev–Trinajstić information content (AvgIpc) is 2.16. The smallest absolute Gasteiger partial charge is 0.0663 e. The molecular weight excluding hydrogens is 158 g/mol. The number of nitriles is 1. The van der Waals surface area contributed by atoms with Crippen LogP contribution in [0.4, 0.5) is 0 Å². The summed E-state index contributed by atoms with van der Waals surface area (Å²) >= 11 is 0. The Bertz CT molecular complexity index is 206. The van der Waals surface area contributed by atoms with Gasteiger partial charge in [0.05, 0.1) is 12.5 Å². The predicted octanol–water partition coefficient (Wildman–Crippen LogP) is 3.76. The number of hydrogen-bond donors (Lipinski definition) is 0. The minimum absolute atomic E-state index is 0.538. The van der Waals surface area contributed by atoms with Gasteiger partial charge in [0.25, 0.3) is 0 Å². The average molecular weight is 175 g/mol. The van der Waals surface area contributed by atoms with Crippen molar-refractivity contribution in [1.29, 1.82) is 5.26 Å². The van der Waals surface area contributed by atoms with E-state index in [1.807, 2.05) is 12.2 Å². The summed E-state index contributed by atoms with van der Waals surface area (Å²) in [6, 6.07) is 2.08. The normalized spacial score (nSPS) is 10.7. The third kappa shape index (κ3) is 10.7. The predicted molar refractivity (Wildman–Crippen MR) is 57.2 cm³/mol. The highest BCUT2D eigenvalue weighted by Crippen LogP contribution is 2.01. The molecule has 0 heterocycles. The zero-order chi connectivity index (χ0) is 9.78. The Hall–Kier alpha value is -1.29. The van der Waals surface area contributed by atoms with Gasteiger partial charge >= 0.3 is 0 Å². The Labute approximate surface area is 81.1 Å². The summed E-state index contributed by atoms with van der Waals surface area (Å²) in [7, 11) is 0. The van der Waals surface area contributed by atoms with Crippen LogP contribution in [-0.4, -0.2) is 0 Å². The van der Waals surface area contributed by atoms with Crippen LogP contribution in [0.1, 0.15) is 32.1 Å². The molecule has 0 aromatic carbocycles. The first-order chi connectivity index (χ1) is 6.41. The van der Waals surface area contributed by atoms with Gasteiger partial charge in [0.1, 0.15) is 0 Å². The quantitative estimate of drug-likeness (QED) is 0.328. The molecule has 0 aliphatic rings. The van der Waals surface area contributed by atoms with E-state index in [1.54, 1.807) is 6.08 Å². The lowest BCUT2D eigenvalue weighted by atomic mass is 10.2. The fourth-order valence-corrected chi connectivity index (χ4v) is 0.971. The Morgan fingerprint density at radius 2 is 1.77 bits per heavy atom. The fourth-order valence-electron chi connectivity index (χ4n) is 0.971. The van der Waals surface area contributed by atoms with Gasteiger partial charge < -0.3 is 0 Å². The molecule has 0 aromatic heterocycles. The van der Waals surface area contributed by atoms with E-state index in [2.05, 4.69) is 24.8 Å². The molecule has 0 spiro atoms. The zero-order valence-electron chi connectivity index (χ0n) is 8.08. The molecule has 13 heavy (non-hydrogen) atoms. The molecular formula is C12H17N. The minimum Gasteiger partial charge on any atom is -0.198 e. The second kappa shape index (κ2) is 10.7. The Morgan fingerprint density at radius 3 is 2.38 bits per heavy atom. The molecule has 0 bridgehead atoms. The summed E-state index contributed by atoms with van der Waals surface area (Å²) < 4.78 is 0. The van der Waals surface area contributed by atoms with Crippen molar-refractivity contribution in [3.63, 3.8) is 0 Å². The van der Waals surface area contributed by atoms with Gasteiger partial charge in [-0.05, 0) is 25.7 Å². The maximum absolute atomic E-state index is 8.25. The van der Waals surface area contributed by atoms with Crippen LogP contribution < -0.4 is 0 Å². The molecule has 0 N–H and O–H groups in total. The van der Waals surface area contributed by atoms with Crippen LogP contribution in [-0.2, 0) is 0 Å². The van der Waals surface area contributed by atoms with Gasteiger partial charge in [-0.3, -0.25) is 0 Å². The van der Waals surface area contributed by atoms with Gasteiger partial charge in [0.2, 0.25) is 0 Å². The number of allylic oxidation sites excluding steroid dienone is 5. The molecule has 0 saturated heterocycles. The monoisotopic (exact) mass is 175 g/mol. The van der Waals surface area contributed by atoms with Crippen LogP contribution in [0, 0.1) is 11.3 Å². The zero-order valence-corrected chi connectivity index (χ0v) is 8.08. The molecule has 0 fully saturated rings. The van der Waals surface area contributed by atoms with Crippen LogP contribution in [0.25, 0.3) is 0 Å². The molecule has 0 atom stereocenters. The van der Waals surface area contributed by atoms with E-state index in [0.717, 1.165) is 12.8 Å². The molecule has 0 unspecified atom stereocenters. The third-order valence-electron chi connectivity index (χ3n) is 1.64. The number of rotatable bonds is 7. The van der Waals surface area contributed by atoms with Crippen LogP contribution >= 0.6 is 0 Å². The molecule has 70 valence electrons. The molecule has 0 saturated carbocycles. The van der Waals surface area contributed by atoms with E-state index in [4.69, 9.17) is 5.26 Å². The van der Waals surface area contributed by atoms with E-state index in [1.165, 1.54) is 12.8 Å². The Balaban J connectivity index is 3.13. The molecule has 1 nitrogen and oxygen atoms in total. The fraction of sp³-hybridized carbons (Fsp3) is 0.417. The van der Waals surface area contributed by atoms with Crippen molar-refractivity contribution in [2.75, 3.05) is 0 Å². The molecule has 0 amide bonds. The standard InChI is InChI=1S/C12H17N/c1-2-3-4-5-6-7-8-9-10-11-12-13/h2-4,9-10H,1,5-8,11H2/b4-3+,10-9+. The lowest BCUT2D eigenvalue weighted by molar-refractivity contribution is 0.761. The maximum Gasteiger partial charge on any atom is 0.0663 e. The first kappa shape index (κ1) is 11.7. The first-order valence-corrected chi connectivity index (χ1v) is 4.71.